The van der Waals surface area contributed by atoms with Crippen LogP contribution in [0.3, 0.4) is 0 Å². The minimum absolute atomic E-state index is 0.580. The molecule has 0 atom stereocenters. The lowest BCUT2D eigenvalue weighted by Crippen LogP contribution is -1.92. The average molecular weight is 409 g/mol. The van der Waals surface area contributed by atoms with Gasteiger partial charge >= 0.3 is 0 Å². The van der Waals surface area contributed by atoms with E-state index in [0.29, 0.717) is 17.1 Å². The standard InChI is InChI=1S/C25H23N5O/c1-16-12-20(27-30-24-15-25(31-3)22(26)13-17(24)2)10-11-23(16)29-28-21-9-8-18-6-4-5-7-19(18)14-21/h4-15H,26H2,1-3H3. The molecule has 0 saturated heterocycles. The Morgan fingerprint density at radius 2 is 1.29 bits per heavy atom. The molecule has 0 saturated carbocycles. The number of hydrogen-bond donors (Lipinski definition) is 1. The summed E-state index contributed by atoms with van der Waals surface area (Å²) < 4.78 is 5.27. The number of azo groups is 2. The number of nitrogens with zero attached hydrogens (tertiary/aromatic N) is 4. The highest BCUT2D eigenvalue weighted by Gasteiger charge is 2.05. The van der Waals surface area contributed by atoms with Crippen LogP contribution in [0.2, 0.25) is 0 Å². The maximum Gasteiger partial charge on any atom is 0.143 e. The number of fused-ring (bicyclic) bond motifs is 1. The lowest BCUT2D eigenvalue weighted by atomic mass is 10.1. The highest BCUT2D eigenvalue weighted by Crippen LogP contribution is 2.33. The molecular weight excluding hydrogens is 386 g/mol. The van der Waals surface area contributed by atoms with E-state index in [9.17, 15) is 0 Å². The fourth-order valence-corrected chi connectivity index (χ4v) is 3.26. The first-order valence-corrected chi connectivity index (χ1v) is 9.90. The van der Waals surface area contributed by atoms with E-state index in [0.717, 1.165) is 33.6 Å². The van der Waals surface area contributed by atoms with Crippen molar-refractivity contribution in [2.45, 2.75) is 13.8 Å². The molecule has 0 bridgehead atoms. The molecule has 31 heavy (non-hydrogen) atoms. The van der Waals surface area contributed by atoms with E-state index in [1.165, 1.54) is 5.39 Å². The van der Waals surface area contributed by atoms with Crippen LogP contribution < -0.4 is 10.5 Å². The van der Waals surface area contributed by atoms with Gasteiger partial charge in [0.2, 0.25) is 0 Å². The zero-order valence-corrected chi connectivity index (χ0v) is 17.7. The molecule has 4 rings (SSSR count). The van der Waals surface area contributed by atoms with Crippen molar-refractivity contribution in [1.82, 2.24) is 0 Å². The normalized spacial score (nSPS) is 11.6. The monoisotopic (exact) mass is 409 g/mol. The van der Waals surface area contributed by atoms with Gasteiger partial charge in [-0.2, -0.15) is 20.5 Å². The van der Waals surface area contributed by atoms with Gasteiger partial charge in [-0.1, -0.05) is 30.3 Å². The number of benzene rings is 4. The molecule has 0 heterocycles. The molecule has 4 aromatic carbocycles. The second-order valence-electron chi connectivity index (χ2n) is 7.28. The molecule has 6 nitrogen and oxygen atoms in total. The first-order chi connectivity index (χ1) is 15.0. The van der Waals surface area contributed by atoms with Crippen molar-refractivity contribution in [3.8, 4) is 5.75 Å². The quantitative estimate of drug-likeness (QED) is 0.268. The van der Waals surface area contributed by atoms with Gasteiger partial charge in [-0.25, -0.2) is 0 Å². The van der Waals surface area contributed by atoms with Crippen LogP contribution in [0.4, 0.5) is 28.4 Å². The van der Waals surface area contributed by atoms with Crippen LogP contribution in [0.5, 0.6) is 5.75 Å². The molecule has 0 aromatic heterocycles. The summed E-state index contributed by atoms with van der Waals surface area (Å²) in [6, 6.07) is 23.5. The number of rotatable bonds is 5. The predicted molar refractivity (Wildman–Crippen MR) is 126 cm³/mol. The smallest absolute Gasteiger partial charge is 0.143 e. The molecule has 154 valence electrons. The molecule has 6 heteroatoms. The summed E-state index contributed by atoms with van der Waals surface area (Å²) in [5, 5.41) is 19.8. The Balaban J connectivity index is 1.54. The molecule has 0 aliphatic heterocycles. The van der Waals surface area contributed by atoms with Crippen LogP contribution in [0.1, 0.15) is 11.1 Å². The van der Waals surface area contributed by atoms with Crippen molar-refractivity contribution in [1.29, 1.82) is 0 Å². The minimum atomic E-state index is 0.580. The first-order valence-electron chi connectivity index (χ1n) is 9.90. The van der Waals surface area contributed by atoms with Gasteiger partial charge in [-0.15, -0.1) is 0 Å². The first kappa shape index (κ1) is 20.2. The van der Waals surface area contributed by atoms with E-state index >= 15 is 0 Å². The summed E-state index contributed by atoms with van der Waals surface area (Å²) in [6.07, 6.45) is 0. The van der Waals surface area contributed by atoms with Crippen molar-refractivity contribution >= 4 is 39.2 Å². The van der Waals surface area contributed by atoms with Crippen molar-refractivity contribution in [2.75, 3.05) is 12.8 Å². The third-order valence-corrected chi connectivity index (χ3v) is 5.01. The van der Waals surface area contributed by atoms with Crippen LogP contribution in [-0.4, -0.2) is 7.11 Å². The van der Waals surface area contributed by atoms with Crippen molar-refractivity contribution in [3.63, 3.8) is 0 Å². The average Bonchev–Trinajstić information content (AvgIpc) is 2.78. The van der Waals surface area contributed by atoms with Gasteiger partial charge in [0.15, 0.2) is 0 Å². The van der Waals surface area contributed by atoms with Crippen LogP contribution in [-0.2, 0) is 0 Å². The molecule has 2 N–H and O–H groups in total. The highest BCUT2D eigenvalue weighted by molar-refractivity contribution is 5.85. The van der Waals surface area contributed by atoms with Gasteiger partial charge in [0.25, 0.3) is 0 Å². The third kappa shape index (κ3) is 4.59. The molecule has 0 amide bonds. The third-order valence-electron chi connectivity index (χ3n) is 5.01. The highest BCUT2D eigenvalue weighted by atomic mass is 16.5. The van der Waals surface area contributed by atoms with Gasteiger partial charge in [-0.05, 0) is 72.1 Å². The minimum Gasteiger partial charge on any atom is -0.495 e. The van der Waals surface area contributed by atoms with Crippen molar-refractivity contribution < 1.29 is 4.74 Å². The van der Waals surface area contributed by atoms with Gasteiger partial charge in [0.05, 0.1) is 35.5 Å². The van der Waals surface area contributed by atoms with E-state index in [1.807, 2.05) is 68.4 Å². The van der Waals surface area contributed by atoms with Crippen LogP contribution in [0.15, 0.2) is 93.3 Å². The molecule has 0 unspecified atom stereocenters. The molecule has 0 spiro atoms. The predicted octanol–water partition coefficient (Wildman–Crippen LogP) is 7.88. The second-order valence-corrected chi connectivity index (χ2v) is 7.28. The molecule has 0 aliphatic rings. The summed E-state index contributed by atoms with van der Waals surface area (Å²) in [6.45, 7) is 3.91. The van der Waals surface area contributed by atoms with E-state index in [-0.39, 0.29) is 0 Å². The second kappa shape index (κ2) is 8.75. The van der Waals surface area contributed by atoms with Gasteiger partial charge in [0, 0.05) is 6.07 Å². The van der Waals surface area contributed by atoms with Gasteiger partial charge < -0.3 is 10.5 Å². The number of nitrogens with two attached hydrogens (primary N) is 1. The lowest BCUT2D eigenvalue weighted by molar-refractivity contribution is 0.417. The van der Waals surface area contributed by atoms with E-state index < -0.39 is 0 Å². The van der Waals surface area contributed by atoms with Gasteiger partial charge in [-0.3, -0.25) is 0 Å². The van der Waals surface area contributed by atoms with Crippen molar-refractivity contribution in [2.24, 2.45) is 20.5 Å². The Morgan fingerprint density at radius 3 is 2.03 bits per heavy atom. The SMILES string of the molecule is COc1cc(N=Nc2ccc(N=Nc3ccc4ccccc4c3)c(C)c2)c(C)cc1N. The van der Waals surface area contributed by atoms with Crippen LogP contribution in [0.25, 0.3) is 10.8 Å². The molecule has 0 radical (unpaired) electrons. The van der Waals surface area contributed by atoms with Crippen LogP contribution in [0, 0.1) is 13.8 Å². The fraction of sp³-hybridized carbons (Fsp3) is 0.120. The van der Waals surface area contributed by atoms with E-state index in [1.54, 1.807) is 13.2 Å². The Kier molecular flexibility index (Phi) is 5.71. The molecule has 0 aliphatic carbocycles. The lowest BCUT2D eigenvalue weighted by Gasteiger charge is -2.07. The van der Waals surface area contributed by atoms with E-state index in [4.69, 9.17) is 10.5 Å². The van der Waals surface area contributed by atoms with Crippen LogP contribution >= 0.6 is 0 Å². The number of anilines is 1. The number of aryl methyl sites for hydroxylation is 2. The van der Waals surface area contributed by atoms with Gasteiger partial charge in [0.1, 0.15) is 5.75 Å². The Morgan fingerprint density at radius 1 is 0.645 bits per heavy atom. The zero-order chi connectivity index (χ0) is 21.8. The number of hydrogen-bond acceptors (Lipinski definition) is 6. The maximum absolute atomic E-state index is 5.93. The summed E-state index contributed by atoms with van der Waals surface area (Å²) in [5.41, 5.74) is 11.5. The number of ether oxygens (including phenoxy) is 1. The summed E-state index contributed by atoms with van der Waals surface area (Å²) >= 11 is 0. The Labute approximate surface area is 181 Å². The van der Waals surface area contributed by atoms with Crippen molar-refractivity contribution in [3.05, 3.63) is 83.9 Å². The topological polar surface area (TPSA) is 84.7 Å². The Hall–Kier alpha value is -4.06. The zero-order valence-electron chi connectivity index (χ0n) is 17.7. The number of methoxy groups -OCH3 is 1. The summed E-state index contributed by atoms with van der Waals surface area (Å²) in [5.74, 6) is 0.584. The molecule has 0 fully saturated rings. The Bertz CT molecular complexity index is 1310. The maximum atomic E-state index is 5.93. The van der Waals surface area contributed by atoms with E-state index in [2.05, 4.69) is 32.6 Å². The molecular formula is C25H23N5O. The fourth-order valence-electron chi connectivity index (χ4n) is 3.26. The summed E-state index contributed by atoms with van der Waals surface area (Å²) in [4.78, 5) is 0. The largest absolute Gasteiger partial charge is 0.495 e. The number of nitrogen functional groups attached to an aromatic ring is 1. The molecule has 4 aromatic rings. The summed E-state index contributed by atoms with van der Waals surface area (Å²) in [7, 11) is 1.58.